The maximum absolute atomic E-state index is 12.8. The Morgan fingerprint density at radius 1 is 1.25 bits per heavy atom. The van der Waals surface area contributed by atoms with Crippen molar-refractivity contribution in [1.82, 2.24) is 10.2 Å². The Bertz CT molecular complexity index is 902. The summed E-state index contributed by atoms with van der Waals surface area (Å²) in [6, 6.07) is 5.49. The summed E-state index contributed by atoms with van der Waals surface area (Å²) in [5, 5.41) is 13.5. The van der Waals surface area contributed by atoms with Crippen LogP contribution in [0.5, 0.6) is 0 Å². The van der Waals surface area contributed by atoms with E-state index in [9.17, 15) is 9.59 Å². The molecule has 1 aromatic carbocycles. The van der Waals surface area contributed by atoms with Crippen molar-refractivity contribution in [2.45, 2.75) is 32.6 Å². The van der Waals surface area contributed by atoms with Gasteiger partial charge in [-0.1, -0.05) is 29.0 Å². The molecule has 0 saturated carbocycles. The van der Waals surface area contributed by atoms with Crippen LogP contribution in [-0.4, -0.2) is 41.6 Å². The fourth-order valence-corrected chi connectivity index (χ4v) is 4.72. The highest BCUT2D eigenvalue weighted by Gasteiger charge is 2.30. The van der Waals surface area contributed by atoms with Gasteiger partial charge in [-0.25, -0.2) is 0 Å². The van der Waals surface area contributed by atoms with E-state index >= 15 is 0 Å². The fraction of sp³-hybridized carbons (Fsp3) is 0.474. The Hall–Kier alpha value is -2.19. The molecule has 3 heterocycles. The van der Waals surface area contributed by atoms with Gasteiger partial charge in [-0.2, -0.15) is 0 Å². The number of aryl methyl sites for hydroxylation is 1. The third-order valence-electron chi connectivity index (χ3n) is 5.23. The van der Waals surface area contributed by atoms with E-state index in [-0.39, 0.29) is 17.7 Å². The monoisotopic (exact) mass is 419 g/mol. The van der Waals surface area contributed by atoms with E-state index < -0.39 is 0 Å². The van der Waals surface area contributed by atoms with E-state index in [2.05, 4.69) is 20.4 Å². The summed E-state index contributed by atoms with van der Waals surface area (Å²) in [6.45, 7) is 4.08. The van der Waals surface area contributed by atoms with Gasteiger partial charge in [-0.05, 0) is 43.9 Å². The number of anilines is 3. The maximum Gasteiger partial charge on any atom is 0.229 e. The van der Waals surface area contributed by atoms with Gasteiger partial charge < -0.3 is 10.2 Å². The second-order valence-electron chi connectivity index (χ2n) is 7.25. The van der Waals surface area contributed by atoms with Gasteiger partial charge in [0.25, 0.3) is 0 Å². The number of hydrogen-bond acceptors (Lipinski definition) is 6. The minimum atomic E-state index is -0.132. The van der Waals surface area contributed by atoms with E-state index in [4.69, 9.17) is 11.6 Å². The lowest BCUT2D eigenvalue weighted by Crippen LogP contribution is -2.40. The number of benzene rings is 1. The van der Waals surface area contributed by atoms with Gasteiger partial charge in [-0.15, -0.1) is 10.2 Å². The van der Waals surface area contributed by atoms with Crippen molar-refractivity contribution < 1.29 is 9.59 Å². The third-order valence-corrected chi connectivity index (χ3v) is 6.47. The summed E-state index contributed by atoms with van der Waals surface area (Å²) < 4.78 is 0. The van der Waals surface area contributed by atoms with Crippen molar-refractivity contribution in [3.63, 3.8) is 0 Å². The fourth-order valence-electron chi connectivity index (χ4n) is 3.62. The second kappa shape index (κ2) is 8.05. The lowest BCUT2D eigenvalue weighted by Gasteiger charge is -2.31. The van der Waals surface area contributed by atoms with Crippen molar-refractivity contribution in [1.29, 1.82) is 0 Å². The smallest absolute Gasteiger partial charge is 0.229 e. The van der Waals surface area contributed by atoms with Crippen LogP contribution in [-0.2, 0) is 9.59 Å². The topological polar surface area (TPSA) is 78.4 Å². The molecule has 2 aromatic rings. The molecular formula is C19H22ClN5O2S. The number of carbonyl (C=O) groups excluding carboxylic acids is 2. The molecule has 7 nitrogen and oxygen atoms in total. The first-order chi connectivity index (χ1) is 13.5. The van der Waals surface area contributed by atoms with E-state index in [1.807, 2.05) is 19.1 Å². The van der Waals surface area contributed by atoms with Crippen LogP contribution in [0.15, 0.2) is 18.2 Å². The minimum Gasteiger partial charge on any atom is -0.346 e. The van der Waals surface area contributed by atoms with Crippen molar-refractivity contribution in [3.05, 3.63) is 28.8 Å². The first-order valence-corrected chi connectivity index (χ1v) is 10.7. The number of piperidine rings is 1. The van der Waals surface area contributed by atoms with Gasteiger partial charge in [0.05, 0.1) is 5.92 Å². The van der Waals surface area contributed by atoms with Crippen LogP contribution in [0.2, 0.25) is 5.02 Å². The van der Waals surface area contributed by atoms with Crippen molar-refractivity contribution in [3.8, 4) is 0 Å². The van der Waals surface area contributed by atoms with Gasteiger partial charge in [0, 0.05) is 36.8 Å². The minimum absolute atomic E-state index is 0.00507. The molecule has 2 aliphatic heterocycles. The lowest BCUT2D eigenvalue weighted by molar-refractivity contribution is -0.120. The molecule has 1 atom stereocenters. The summed E-state index contributed by atoms with van der Waals surface area (Å²) in [5.41, 5.74) is 1.73. The number of nitrogens with one attached hydrogen (secondary N) is 1. The van der Waals surface area contributed by atoms with Crippen LogP contribution in [0, 0.1) is 12.8 Å². The van der Waals surface area contributed by atoms with Crippen molar-refractivity contribution in [2.24, 2.45) is 5.92 Å². The van der Waals surface area contributed by atoms with E-state index in [0.29, 0.717) is 29.7 Å². The van der Waals surface area contributed by atoms with Crippen LogP contribution < -0.4 is 15.1 Å². The van der Waals surface area contributed by atoms with E-state index in [1.54, 1.807) is 11.0 Å². The SMILES string of the molecule is Cc1ccc(Cl)cc1NC(=O)C1CCCN(c2nnc(N3CCCC3=O)s2)C1. The molecule has 2 aliphatic rings. The van der Waals surface area contributed by atoms with Crippen LogP contribution >= 0.6 is 22.9 Å². The van der Waals surface area contributed by atoms with Gasteiger partial charge in [0.15, 0.2) is 0 Å². The standard InChI is InChI=1S/C19H22ClN5O2S/c1-12-6-7-14(20)10-15(12)21-17(27)13-4-2-8-24(11-13)18-22-23-19(28-18)25-9-3-5-16(25)26/h6-7,10,13H,2-5,8-9,11H2,1H3,(H,21,27). The van der Waals surface area contributed by atoms with Crippen LogP contribution in [0.1, 0.15) is 31.2 Å². The Labute approximate surface area is 172 Å². The summed E-state index contributed by atoms with van der Waals surface area (Å²) >= 11 is 7.48. The first kappa shape index (κ1) is 19.1. The molecule has 2 saturated heterocycles. The number of aromatic nitrogens is 2. The summed E-state index contributed by atoms with van der Waals surface area (Å²) in [7, 11) is 0. The molecule has 1 aromatic heterocycles. The lowest BCUT2D eigenvalue weighted by atomic mass is 9.97. The Morgan fingerprint density at radius 2 is 2.07 bits per heavy atom. The zero-order valence-corrected chi connectivity index (χ0v) is 17.2. The third kappa shape index (κ3) is 3.98. The largest absolute Gasteiger partial charge is 0.346 e. The molecule has 0 aliphatic carbocycles. The van der Waals surface area contributed by atoms with E-state index in [0.717, 1.165) is 42.2 Å². The zero-order chi connectivity index (χ0) is 19.7. The Morgan fingerprint density at radius 3 is 2.86 bits per heavy atom. The number of rotatable bonds is 4. The molecule has 28 heavy (non-hydrogen) atoms. The average molecular weight is 420 g/mol. The summed E-state index contributed by atoms with van der Waals surface area (Å²) in [6.07, 6.45) is 3.18. The molecule has 9 heteroatoms. The summed E-state index contributed by atoms with van der Waals surface area (Å²) in [4.78, 5) is 28.5. The number of nitrogens with zero attached hydrogens (tertiary/aromatic N) is 4. The predicted octanol–water partition coefficient (Wildman–Crippen LogP) is 3.48. The van der Waals surface area contributed by atoms with Gasteiger partial charge in [0.1, 0.15) is 0 Å². The van der Waals surface area contributed by atoms with Crippen LogP contribution in [0.25, 0.3) is 0 Å². The molecule has 0 radical (unpaired) electrons. The molecule has 0 spiro atoms. The van der Waals surface area contributed by atoms with Crippen LogP contribution in [0.4, 0.5) is 16.0 Å². The Kier molecular flexibility index (Phi) is 5.50. The average Bonchev–Trinajstić information content (AvgIpc) is 3.33. The molecule has 1 unspecified atom stereocenters. The first-order valence-electron chi connectivity index (χ1n) is 9.47. The van der Waals surface area contributed by atoms with Crippen molar-refractivity contribution in [2.75, 3.05) is 34.8 Å². The number of amides is 2. The molecule has 2 amide bonds. The number of hydrogen-bond donors (Lipinski definition) is 1. The molecular weight excluding hydrogens is 398 g/mol. The number of carbonyl (C=O) groups is 2. The van der Waals surface area contributed by atoms with Crippen LogP contribution in [0.3, 0.4) is 0 Å². The highest BCUT2D eigenvalue weighted by Crippen LogP contribution is 2.32. The van der Waals surface area contributed by atoms with E-state index in [1.165, 1.54) is 11.3 Å². The summed E-state index contributed by atoms with van der Waals surface area (Å²) in [5.74, 6) is -0.0297. The van der Waals surface area contributed by atoms with Gasteiger partial charge >= 0.3 is 0 Å². The molecule has 4 rings (SSSR count). The van der Waals surface area contributed by atoms with Crippen molar-refractivity contribution >= 4 is 50.7 Å². The molecule has 1 N–H and O–H groups in total. The number of halogens is 1. The molecule has 2 fully saturated rings. The molecule has 0 bridgehead atoms. The second-order valence-corrected chi connectivity index (χ2v) is 8.62. The quantitative estimate of drug-likeness (QED) is 0.820. The highest BCUT2D eigenvalue weighted by molar-refractivity contribution is 7.19. The maximum atomic E-state index is 12.8. The highest BCUT2D eigenvalue weighted by atomic mass is 35.5. The predicted molar refractivity (Wildman–Crippen MR) is 111 cm³/mol. The zero-order valence-electron chi connectivity index (χ0n) is 15.7. The molecule has 148 valence electrons. The normalized spacial score (nSPS) is 19.9. The van der Waals surface area contributed by atoms with Gasteiger partial charge in [-0.3, -0.25) is 14.5 Å². The van der Waals surface area contributed by atoms with Gasteiger partial charge in [0.2, 0.25) is 22.1 Å². The Balaban J connectivity index is 1.43.